The zero-order valence-corrected chi connectivity index (χ0v) is 21.4. The van der Waals surface area contributed by atoms with Gasteiger partial charge in [0.15, 0.2) is 5.78 Å². The number of ketones is 1. The van der Waals surface area contributed by atoms with Crippen molar-refractivity contribution in [3.63, 3.8) is 0 Å². The summed E-state index contributed by atoms with van der Waals surface area (Å²) in [7, 11) is 0. The van der Waals surface area contributed by atoms with E-state index in [1.54, 1.807) is 20.8 Å². The molecule has 0 aliphatic carbocycles. The fourth-order valence-corrected chi connectivity index (χ4v) is 2.69. The van der Waals surface area contributed by atoms with E-state index < -0.39 is 35.6 Å². The van der Waals surface area contributed by atoms with Crippen LogP contribution >= 0.6 is 0 Å². The zero-order chi connectivity index (χ0) is 28.3. The molecule has 0 saturated heterocycles. The minimum Gasteiger partial charge on any atom is -0.462 e. The van der Waals surface area contributed by atoms with Crippen LogP contribution in [-0.4, -0.2) is 68.7 Å². The summed E-state index contributed by atoms with van der Waals surface area (Å²) in [5.41, 5.74) is -0.284. The lowest BCUT2D eigenvalue weighted by molar-refractivity contribution is -0.139. The third kappa shape index (κ3) is 12.4. The monoisotopic (exact) mass is 530 g/mol. The van der Waals surface area contributed by atoms with Crippen molar-refractivity contribution in [3.8, 4) is 0 Å². The molecular weight excluding hydrogens is 500 g/mol. The van der Waals surface area contributed by atoms with Crippen LogP contribution in [0.3, 0.4) is 0 Å². The van der Waals surface area contributed by atoms with E-state index in [-0.39, 0.29) is 56.1 Å². The van der Waals surface area contributed by atoms with E-state index in [1.807, 2.05) is 0 Å². The summed E-state index contributed by atoms with van der Waals surface area (Å²) in [5, 5.41) is 0. The normalized spacial score (nSPS) is 10.9. The van der Waals surface area contributed by atoms with E-state index in [9.17, 15) is 28.8 Å². The van der Waals surface area contributed by atoms with Gasteiger partial charge in [-0.25, -0.2) is 24.0 Å². The molecule has 0 unspecified atom stereocenters. The van der Waals surface area contributed by atoms with Crippen molar-refractivity contribution in [1.29, 1.82) is 0 Å². The molecule has 0 atom stereocenters. The molecular formula is C27H30O11. The molecule has 38 heavy (non-hydrogen) atoms. The van der Waals surface area contributed by atoms with Gasteiger partial charge >= 0.3 is 29.8 Å². The van der Waals surface area contributed by atoms with Crippen LogP contribution in [0, 0.1) is 0 Å². The Hall–Kier alpha value is -4.54. The molecule has 0 aliphatic rings. The maximum atomic E-state index is 12.7. The summed E-state index contributed by atoms with van der Waals surface area (Å²) in [4.78, 5) is 71.9. The second kappa shape index (κ2) is 17.8. The quantitative estimate of drug-likeness (QED) is 0.108. The molecule has 0 saturated carbocycles. The lowest BCUT2D eigenvalue weighted by Crippen LogP contribution is -2.17. The maximum absolute atomic E-state index is 12.7. The number of carbonyl (C=O) groups excluding carboxylic acids is 6. The summed E-state index contributed by atoms with van der Waals surface area (Å²) in [6.45, 7) is 3.76. The largest absolute Gasteiger partial charge is 0.462 e. The van der Waals surface area contributed by atoms with Gasteiger partial charge in [-0.05, 0) is 39.0 Å². The number of Topliss-reactive ketones (excluding diaryl/α,β-unsaturated/α-hetero) is 1. The van der Waals surface area contributed by atoms with Crippen molar-refractivity contribution >= 4 is 35.6 Å². The average molecular weight is 531 g/mol. The summed E-state index contributed by atoms with van der Waals surface area (Å²) in [6.07, 6.45) is 7.85. The molecule has 0 spiro atoms. The number of esters is 5. The molecule has 0 aliphatic heterocycles. The van der Waals surface area contributed by atoms with Crippen molar-refractivity contribution in [1.82, 2.24) is 0 Å². The highest BCUT2D eigenvalue weighted by Crippen LogP contribution is 2.15. The van der Waals surface area contributed by atoms with Crippen LogP contribution < -0.4 is 0 Å². The van der Waals surface area contributed by atoms with E-state index in [0.717, 1.165) is 0 Å². The second-order valence-electron chi connectivity index (χ2n) is 7.25. The standard InChI is InChI=1S/C27H30O11/c1-4-7-23(29)34-11-10-22(28)19-16-20(26(32)37-14-12-35-24(30)8-5-2)18-21(17-19)27(33)38-15-13-36-25(31)9-6-3/h4-9,16-18H,10-15H2,1-3H3/b7-4+,8-5+,9-6+. The van der Waals surface area contributed by atoms with E-state index >= 15 is 0 Å². The third-order valence-corrected chi connectivity index (χ3v) is 4.33. The first kappa shape index (κ1) is 31.5. The Balaban J connectivity index is 2.95. The summed E-state index contributed by atoms with van der Waals surface area (Å²) in [6, 6.07) is 3.62. The first-order valence-electron chi connectivity index (χ1n) is 11.6. The molecule has 11 heteroatoms. The highest BCUT2D eigenvalue weighted by Gasteiger charge is 2.19. The van der Waals surface area contributed by atoms with Crippen LogP contribution in [0.15, 0.2) is 54.7 Å². The minimum atomic E-state index is -0.879. The molecule has 11 nitrogen and oxygen atoms in total. The summed E-state index contributed by atoms with van der Waals surface area (Å²) in [5.74, 6) is -4.10. The lowest BCUT2D eigenvalue weighted by atomic mass is 10.0. The first-order chi connectivity index (χ1) is 18.2. The van der Waals surface area contributed by atoms with Gasteiger partial charge in [-0.1, -0.05) is 18.2 Å². The number of hydrogen-bond acceptors (Lipinski definition) is 11. The predicted octanol–water partition coefficient (Wildman–Crippen LogP) is 2.93. The van der Waals surface area contributed by atoms with Crippen LogP contribution in [0.4, 0.5) is 0 Å². The number of ether oxygens (including phenoxy) is 5. The van der Waals surface area contributed by atoms with Crippen LogP contribution in [0.25, 0.3) is 0 Å². The van der Waals surface area contributed by atoms with Gasteiger partial charge in [0.2, 0.25) is 0 Å². The Morgan fingerprint density at radius 1 is 0.526 bits per heavy atom. The molecule has 1 aromatic carbocycles. The van der Waals surface area contributed by atoms with Crippen LogP contribution in [0.1, 0.15) is 58.3 Å². The fourth-order valence-electron chi connectivity index (χ4n) is 2.69. The fraction of sp³-hybridized carbons (Fsp3) is 0.333. The van der Waals surface area contributed by atoms with Gasteiger partial charge in [-0.15, -0.1) is 0 Å². The molecule has 0 N–H and O–H groups in total. The van der Waals surface area contributed by atoms with Crippen molar-refractivity contribution < 1.29 is 52.5 Å². The van der Waals surface area contributed by atoms with Crippen LogP contribution in [0.5, 0.6) is 0 Å². The van der Waals surface area contributed by atoms with E-state index in [0.29, 0.717) is 0 Å². The Bertz CT molecular complexity index is 1030. The number of benzene rings is 1. The highest BCUT2D eigenvalue weighted by molar-refractivity contribution is 6.03. The first-order valence-corrected chi connectivity index (χ1v) is 11.6. The Labute approximate surface area is 220 Å². The van der Waals surface area contributed by atoms with E-state index in [2.05, 4.69) is 0 Å². The highest BCUT2D eigenvalue weighted by atomic mass is 16.6. The SMILES string of the molecule is C/C=C/C(=O)OCCOC(=O)c1cc(C(=O)CCOC(=O)/C=C/C)cc(C(=O)OCCOC(=O)/C=C/C)c1. The van der Waals surface area contributed by atoms with Gasteiger partial charge in [-0.2, -0.15) is 0 Å². The summed E-state index contributed by atoms with van der Waals surface area (Å²) >= 11 is 0. The zero-order valence-electron chi connectivity index (χ0n) is 21.4. The molecule has 0 bridgehead atoms. The van der Waals surface area contributed by atoms with E-state index in [1.165, 1.54) is 54.7 Å². The Morgan fingerprint density at radius 2 is 0.868 bits per heavy atom. The smallest absolute Gasteiger partial charge is 0.338 e. The molecule has 0 fully saturated rings. The van der Waals surface area contributed by atoms with E-state index in [4.69, 9.17) is 23.7 Å². The van der Waals surface area contributed by atoms with Crippen LogP contribution in [-0.2, 0) is 38.1 Å². The number of rotatable bonds is 15. The van der Waals surface area contributed by atoms with Crippen molar-refractivity contribution in [2.75, 3.05) is 33.0 Å². The molecule has 1 aromatic rings. The second-order valence-corrected chi connectivity index (χ2v) is 7.25. The minimum absolute atomic E-state index is 0.0208. The molecule has 0 amide bonds. The molecule has 0 aromatic heterocycles. The molecule has 0 heterocycles. The number of carbonyl (C=O) groups is 6. The van der Waals surface area contributed by atoms with Crippen LogP contribution in [0.2, 0.25) is 0 Å². The van der Waals surface area contributed by atoms with Crippen molar-refractivity contribution in [2.24, 2.45) is 0 Å². The van der Waals surface area contributed by atoms with Gasteiger partial charge in [0.05, 0.1) is 17.7 Å². The topological polar surface area (TPSA) is 149 Å². The Morgan fingerprint density at radius 3 is 1.26 bits per heavy atom. The Kier molecular flexibility index (Phi) is 14.8. The lowest BCUT2D eigenvalue weighted by Gasteiger charge is -2.10. The summed E-state index contributed by atoms with van der Waals surface area (Å²) < 4.78 is 24.7. The predicted molar refractivity (Wildman–Crippen MR) is 133 cm³/mol. The molecule has 0 radical (unpaired) electrons. The van der Waals surface area contributed by atoms with Gasteiger partial charge < -0.3 is 23.7 Å². The van der Waals surface area contributed by atoms with Gasteiger partial charge in [-0.3, -0.25) is 4.79 Å². The number of hydrogen-bond donors (Lipinski definition) is 0. The van der Waals surface area contributed by atoms with Gasteiger partial charge in [0, 0.05) is 30.2 Å². The maximum Gasteiger partial charge on any atom is 0.338 e. The van der Waals surface area contributed by atoms with Crippen molar-refractivity contribution in [3.05, 3.63) is 71.3 Å². The third-order valence-electron chi connectivity index (χ3n) is 4.33. The molecule has 204 valence electrons. The molecule has 1 rings (SSSR count). The van der Waals surface area contributed by atoms with Crippen molar-refractivity contribution in [2.45, 2.75) is 27.2 Å². The van der Waals surface area contributed by atoms with Gasteiger partial charge in [0.25, 0.3) is 0 Å². The van der Waals surface area contributed by atoms with Gasteiger partial charge in [0.1, 0.15) is 26.4 Å². The number of allylic oxidation sites excluding steroid dienone is 3. The average Bonchev–Trinajstić information content (AvgIpc) is 2.89.